The minimum Gasteiger partial charge on any atom is -0.380 e. The minimum absolute atomic E-state index is 0.682. The van der Waals surface area contributed by atoms with Crippen molar-refractivity contribution >= 4 is 17.4 Å². The number of anilines is 1. The number of H-pyrrole nitrogens is 1. The van der Waals surface area contributed by atoms with Crippen LogP contribution in [0.3, 0.4) is 0 Å². The van der Waals surface area contributed by atoms with E-state index in [4.69, 9.17) is 0 Å². The zero-order valence-electron chi connectivity index (χ0n) is 11.6. The summed E-state index contributed by atoms with van der Waals surface area (Å²) in [6.45, 7) is 0.682. The predicted molar refractivity (Wildman–Crippen MR) is 85.2 cm³/mol. The monoisotopic (exact) mass is 297 g/mol. The maximum Gasteiger partial charge on any atom is 0.0958 e. The first kappa shape index (κ1) is 13.6. The molecule has 0 amide bonds. The summed E-state index contributed by atoms with van der Waals surface area (Å²) in [5, 5.41) is 11.5. The number of aromatic nitrogens is 4. The van der Waals surface area contributed by atoms with Gasteiger partial charge in [0.2, 0.25) is 0 Å². The standard InChI is InChI=1S/C15H15N5S/c1-21-14-5-4-13(10-18-14)17-8-12-9-19-20-15(12)11-3-2-6-16-7-11/h2-7,9-10,17H,8H2,1H3,(H,19,20). The fraction of sp³-hybridized carbons (Fsp3) is 0.133. The Balaban J connectivity index is 1.72. The SMILES string of the molecule is CSc1ccc(NCc2cn[nH]c2-c2cccnc2)cn1. The van der Waals surface area contributed by atoms with E-state index in [-0.39, 0.29) is 0 Å². The van der Waals surface area contributed by atoms with Gasteiger partial charge >= 0.3 is 0 Å². The molecule has 2 N–H and O–H groups in total. The smallest absolute Gasteiger partial charge is 0.0958 e. The molecule has 0 aliphatic rings. The van der Waals surface area contributed by atoms with Gasteiger partial charge in [0.05, 0.1) is 28.8 Å². The molecular formula is C15H15N5S. The number of hydrogen-bond donors (Lipinski definition) is 2. The van der Waals surface area contributed by atoms with Gasteiger partial charge in [-0.3, -0.25) is 10.1 Å². The second-order valence-electron chi connectivity index (χ2n) is 4.45. The Kier molecular flexibility index (Phi) is 4.16. The predicted octanol–water partition coefficient (Wildman–Crippen LogP) is 3.20. The highest BCUT2D eigenvalue weighted by atomic mass is 32.2. The molecule has 0 fully saturated rings. The maximum atomic E-state index is 4.34. The Hall–Kier alpha value is -2.34. The highest BCUT2D eigenvalue weighted by Gasteiger charge is 2.07. The molecule has 0 radical (unpaired) electrons. The molecule has 0 unspecified atom stereocenters. The largest absolute Gasteiger partial charge is 0.380 e. The molecule has 0 aromatic carbocycles. The molecule has 3 heterocycles. The molecule has 5 nitrogen and oxygen atoms in total. The van der Waals surface area contributed by atoms with Crippen molar-refractivity contribution in [2.24, 2.45) is 0 Å². The molecule has 0 saturated carbocycles. The molecule has 0 aliphatic heterocycles. The van der Waals surface area contributed by atoms with Crippen LogP contribution in [0.4, 0.5) is 5.69 Å². The van der Waals surface area contributed by atoms with Crippen molar-refractivity contribution in [1.82, 2.24) is 20.2 Å². The van der Waals surface area contributed by atoms with E-state index in [1.54, 1.807) is 18.0 Å². The summed E-state index contributed by atoms with van der Waals surface area (Å²) < 4.78 is 0. The van der Waals surface area contributed by atoms with E-state index < -0.39 is 0 Å². The lowest BCUT2D eigenvalue weighted by Gasteiger charge is -2.07. The third kappa shape index (κ3) is 3.22. The molecule has 0 bridgehead atoms. The zero-order chi connectivity index (χ0) is 14.5. The molecule has 0 aliphatic carbocycles. The lowest BCUT2D eigenvalue weighted by atomic mass is 10.1. The van der Waals surface area contributed by atoms with Gasteiger partial charge in [-0.05, 0) is 30.5 Å². The average Bonchev–Trinajstić information content (AvgIpc) is 3.03. The Labute approximate surface area is 127 Å². The number of pyridine rings is 2. The molecule has 0 atom stereocenters. The van der Waals surface area contributed by atoms with Crippen molar-refractivity contribution in [3.8, 4) is 11.3 Å². The average molecular weight is 297 g/mol. The second kappa shape index (κ2) is 6.41. The van der Waals surface area contributed by atoms with Gasteiger partial charge in [-0.25, -0.2) is 4.98 Å². The fourth-order valence-electron chi connectivity index (χ4n) is 2.01. The second-order valence-corrected chi connectivity index (χ2v) is 5.28. The van der Waals surface area contributed by atoms with Gasteiger partial charge in [-0.2, -0.15) is 5.10 Å². The Morgan fingerprint density at radius 2 is 2.14 bits per heavy atom. The third-order valence-electron chi connectivity index (χ3n) is 3.10. The first-order valence-electron chi connectivity index (χ1n) is 6.53. The molecule has 3 aromatic heterocycles. The van der Waals surface area contributed by atoms with Crippen LogP contribution in [-0.2, 0) is 6.54 Å². The van der Waals surface area contributed by atoms with Gasteiger partial charge in [-0.1, -0.05) is 0 Å². The number of thioether (sulfide) groups is 1. The summed E-state index contributed by atoms with van der Waals surface area (Å²) in [5.74, 6) is 0. The van der Waals surface area contributed by atoms with E-state index in [1.807, 2.05) is 49.1 Å². The van der Waals surface area contributed by atoms with Gasteiger partial charge in [0.25, 0.3) is 0 Å². The number of nitrogens with zero attached hydrogens (tertiary/aromatic N) is 3. The molecule has 6 heteroatoms. The van der Waals surface area contributed by atoms with Crippen molar-refractivity contribution in [3.05, 3.63) is 54.6 Å². The van der Waals surface area contributed by atoms with Crippen molar-refractivity contribution in [3.63, 3.8) is 0 Å². The molecule has 3 rings (SSSR count). The van der Waals surface area contributed by atoms with Crippen LogP contribution in [0.5, 0.6) is 0 Å². The van der Waals surface area contributed by atoms with E-state index in [0.29, 0.717) is 6.54 Å². The van der Waals surface area contributed by atoms with Crippen LogP contribution in [0.1, 0.15) is 5.56 Å². The lowest BCUT2D eigenvalue weighted by Crippen LogP contribution is -2.00. The normalized spacial score (nSPS) is 10.5. The molecule has 0 spiro atoms. The Bertz CT molecular complexity index is 694. The van der Waals surface area contributed by atoms with Gasteiger partial charge in [0.1, 0.15) is 0 Å². The number of nitrogens with one attached hydrogen (secondary N) is 2. The van der Waals surface area contributed by atoms with Gasteiger partial charge in [0.15, 0.2) is 0 Å². The van der Waals surface area contributed by atoms with Crippen LogP contribution in [0.15, 0.2) is 54.1 Å². The van der Waals surface area contributed by atoms with Crippen molar-refractivity contribution in [1.29, 1.82) is 0 Å². The highest BCUT2D eigenvalue weighted by Crippen LogP contribution is 2.21. The quantitative estimate of drug-likeness (QED) is 0.708. The molecule has 0 saturated heterocycles. The summed E-state index contributed by atoms with van der Waals surface area (Å²) in [4.78, 5) is 8.48. The maximum absolute atomic E-state index is 4.34. The molecule has 21 heavy (non-hydrogen) atoms. The van der Waals surface area contributed by atoms with Crippen molar-refractivity contribution in [2.75, 3.05) is 11.6 Å². The minimum atomic E-state index is 0.682. The van der Waals surface area contributed by atoms with Crippen LogP contribution in [0.25, 0.3) is 11.3 Å². The zero-order valence-corrected chi connectivity index (χ0v) is 12.4. The number of hydrogen-bond acceptors (Lipinski definition) is 5. The summed E-state index contributed by atoms with van der Waals surface area (Å²) in [6, 6.07) is 7.96. The summed E-state index contributed by atoms with van der Waals surface area (Å²) in [6.07, 6.45) is 9.28. The molecule has 3 aromatic rings. The summed E-state index contributed by atoms with van der Waals surface area (Å²) in [5.41, 5.74) is 4.11. The summed E-state index contributed by atoms with van der Waals surface area (Å²) >= 11 is 1.63. The van der Waals surface area contributed by atoms with Crippen molar-refractivity contribution in [2.45, 2.75) is 11.6 Å². The Morgan fingerprint density at radius 1 is 1.19 bits per heavy atom. The van der Waals surface area contributed by atoms with Crippen LogP contribution in [0, 0.1) is 0 Å². The van der Waals surface area contributed by atoms with Crippen molar-refractivity contribution < 1.29 is 0 Å². The van der Waals surface area contributed by atoms with Gasteiger partial charge in [-0.15, -0.1) is 11.8 Å². The first-order valence-corrected chi connectivity index (χ1v) is 7.76. The third-order valence-corrected chi connectivity index (χ3v) is 3.76. The van der Waals surface area contributed by atoms with Gasteiger partial charge < -0.3 is 5.32 Å². The Morgan fingerprint density at radius 3 is 2.86 bits per heavy atom. The molecule has 106 valence electrons. The van der Waals surface area contributed by atoms with Crippen LogP contribution >= 0.6 is 11.8 Å². The molecular weight excluding hydrogens is 282 g/mol. The van der Waals surface area contributed by atoms with E-state index >= 15 is 0 Å². The van der Waals surface area contributed by atoms with E-state index in [1.165, 1.54) is 0 Å². The first-order chi connectivity index (χ1) is 10.4. The summed E-state index contributed by atoms with van der Waals surface area (Å²) in [7, 11) is 0. The van der Waals surface area contributed by atoms with Crippen LogP contribution < -0.4 is 5.32 Å². The van der Waals surface area contributed by atoms with Crippen LogP contribution in [-0.4, -0.2) is 26.4 Å². The topological polar surface area (TPSA) is 66.5 Å². The highest BCUT2D eigenvalue weighted by molar-refractivity contribution is 7.98. The fourth-order valence-corrected chi connectivity index (χ4v) is 2.37. The number of rotatable bonds is 5. The van der Waals surface area contributed by atoms with E-state index in [2.05, 4.69) is 25.5 Å². The van der Waals surface area contributed by atoms with E-state index in [0.717, 1.165) is 27.5 Å². The lowest BCUT2D eigenvalue weighted by molar-refractivity contribution is 1.09. The number of aromatic amines is 1. The van der Waals surface area contributed by atoms with Gasteiger partial charge in [0, 0.05) is 30.1 Å². The van der Waals surface area contributed by atoms with E-state index in [9.17, 15) is 0 Å². The van der Waals surface area contributed by atoms with Crippen LogP contribution in [0.2, 0.25) is 0 Å².